The highest BCUT2D eigenvalue weighted by molar-refractivity contribution is 6.27. The molecule has 4 aromatic carbocycles. The SMILES string of the molecule is C=C1C(=CC=CC=CC=CC2=C(O)c3cc4ccccc4cc3C2=O)C(=O)c2cc3ccccc3cc21. The summed E-state index contributed by atoms with van der Waals surface area (Å²) in [5.74, 6) is -0.205. The molecule has 0 bridgehead atoms. The first-order valence-electron chi connectivity index (χ1n) is 12.0. The number of fused-ring (bicyclic) bond motifs is 4. The van der Waals surface area contributed by atoms with Gasteiger partial charge in [-0.1, -0.05) is 91.6 Å². The van der Waals surface area contributed by atoms with Gasteiger partial charge < -0.3 is 5.11 Å². The minimum absolute atomic E-state index is 0.00108. The summed E-state index contributed by atoms with van der Waals surface area (Å²) in [5.41, 5.74) is 4.24. The number of hydrogen-bond donors (Lipinski definition) is 1. The maximum atomic E-state index is 12.9. The minimum atomic E-state index is -0.186. The van der Waals surface area contributed by atoms with Gasteiger partial charge in [0, 0.05) is 22.3 Å². The number of allylic oxidation sites excluding steroid dienone is 10. The van der Waals surface area contributed by atoms with Crippen molar-refractivity contribution in [2.75, 3.05) is 0 Å². The average molecular weight is 479 g/mol. The zero-order valence-electron chi connectivity index (χ0n) is 19.9. The number of benzene rings is 4. The first kappa shape index (κ1) is 22.4. The van der Waals surface area contributed by atoms with Gasteiger partial charge in [-0.15, -0.1) is 0 Å². The maximum Gasteiger partial charge on any atom is 0.197 e. The van der Waals surface area contributed by atoms with Crippen LogP contribution in [0.15, 0.2) is 133 Å². The van der Waals surface area contributed by atoms with Crippen LogP contribution in [0, 0.1) is 0 Å². The van der Waals surface area contributed by atoms with E-state index in [9.17, 15) is 14.7 Å². The molecule has 176 valence electrons. The lowest BCUT2D eigenvalue weighted by Crippen LogP contribution is -1.96. The summed E-state index contributed by atoms with van der Waals surface area (Å²) < 4.78 is 0. The number of carbonyl (C=O) groups is 2. The molecule has 0 heterocycles. The predicted molar refractivity (Wildman–Crippen MR) is 151 cm³/mol. The van der Waals surface area contributed by atoms with Gasteiger partial charge in [-0.05, 0) is 63.0 Å². The fourth-order valence-electron chi connectivity index (χ4n) is 4.95. The van der Waals surface area contributed by atoms with Gasteiger partial charge in [-0.25, -0.2) is 0 Å². The van der Waals surface area contributed by atoms with E-state index < -0.39 is 0 Å². The third-order valence-corrected chi connectivity index (χ3v) is 6.88. The molecule has 0 unspecified atom stereocenters. The van der Waals surface area contributed by atoms with E-state index in [1.807, 2.05) is 78.9 Å². The van der Waals surface area contributed by atoms with Gasteiger partial charge in [0.05, 0.1) is 5.57 Å². The molecule has 37 heavy (non-hydrogen) atoms. The molecule has 3 heteroatoms. The van der Waals surface area contributed by atoms with E-state index in [0.29, 0.717) is 22.3 Å². The normalized spacial score (nSPS) is 16.5. The second-order valence-electron chi connectivity index (χ2n) is 9.10. The molecule has 2 aliphatic carbocycles. The fourth-order valence-corrected chi connectivity index (χ4v) is 4.95. The molecule has 2 aliphatic rings. The molecule has 0 atom stereocenters. The number of aliphatic hydroxyl groups excluding tert-OH is 1. The second kappa shape index (κ2) is 8.89. The van der Waals surface area contributed by atoms with Gasteiger partial charge in [-0.3, -0.25) is 9.59 Å². The lowest BCUT2D eigenvalue weighted by atomic mass is 10.0. The summed E-state index contributed by atoms with van der Waals surface area (Å²) in [6, 6.07) is 23.4. The molecule has 6 rings (SSSR count). The zero-order valence-corrected chi connectivity index (χ0v) is 19.9. The maximum absolute atomic E-state index is 12.9. The summed E-state index contributed by atoms with van der Waals surface area (Å²) in [7, 11) is 0. The average Bonchev–Trinajstić information content (AvgIpc) is 3.29. The van der Waals surface area contributed by atoms with Crippen LogP contribution in [0.2, 0.25) is 0 Å². The largest absolute Gasteiger partial charge is 0.507 e. The van der Waals surface area contributed by atoms with Crippen LogP contribution >= 0.6 is 0 Å². The molecule has 0 saturated carbocycles. The first-order chi connectivity index (χ1) is 18.0. The van der Waals surface area contributed by atoms with E-state index in [2.05, 4.69) is 6.58 Å². The van der Waals surface area contributed by atoms with Crippen molar-refractivity contribution in [3.8, 4) is 0 Å². The van der Waals surface area contributed by atoms with Gasteiger partial charge in [0.15, 0.2) is 11.6 Å². The number of ketones is 2. The quantitative estimate of drug-likeness (QED) is 0.239. The molecule has 0 saturated heterocycles. The van der Waals surface area contributed by atoms with Crippen molar-refractivity contribution in [3.63, 3.8) is 0 Å². The fraction of sp³-hybridized carbons (Fsp3) is 0. The van der Waals surface area contributed by atoms with Crippen molar-refractivity contribution >= 4 is 44.4 Å². The van der Waals surface area contributed by atoms with E-state index in [1.54, 1.807) is 36.5 Å². The Kier molecular flexibility index (Phi) is 5.39. The Hall–Kier alpha value is -5.02. The standard InChI is InChI=1S/C34H22O3/c1-21-26(32(35)29-18-23-12-8-7-11-22(23)17-28(21)29)15-5-3-2-4-6-16-27-33(36)30-19-24-13-9-10-14-25(24)20-31(30)34(27)37/h2-20,36H,1H2. The van der Waals surface area contributed by atoms with Crippen molar-refractivity contribution in [3.05, 3.63) is 155 Å². The Morgan fingerprint density at radius 2 is 1.08 bits per heavy atom. The molecule has 0 aromatic heterocycles. The van der Waals surface area contributed by atoms with E-state index in [4.69, 9.17) is 0 Å². The molecular formula is C34H22O3. The van der Waals surface area contributed by atoms with Crippen LogP contribution in [0.3, 0.4) is 0 Å². The molecule has 0 aliphatic heterocycles. The summed E-state index contributed by atoms with van der Waals surface area (Å²) in [4.78, 5) is 25.8. The number of carbonyl (C=O) groups excluding carboxylic acids is 2. The van der Waals surface area contributed by atoms with Crippen molar-refractivity contribution in [1.82, 2.24) is 0 Å². The van der Waals surface area contributed by atoms with Gasteiger partial charge in [0.1, 0.15) is 5.76 Å². The minimum Gasteiger partial charge on any atom is -0.507 e. The third-order valence-electron chi connectivity index (χ3n) is 6.88. The Morgan fingerprint density at radius 3 is 1.70 bits per heavy atom. The molecule has 0 radical (unpaired) electrons. The highest BCUT2D eigenvalue weighted by atomic mass is 16.3. The highest BCUT2D eigenvalue weighted by Gasteiger charge is 2.29. The zero-order chi connectivity index (χ0) is 25.5. The predicted octanol–water partition coefficient (Wildman–Crippen LogP) is 7.96. The lowest BCUT2D eigenvalue weighted by Gasteiger charge is -2.02. The highest BCUT2D eigenvalue weighted by Crippen LogP contribution is 2.38. The Morgan fingerprint density at radius 1 is 0.595 bits per heavy atom. The molecule has 3 nitrogen and oxygen atoms in total. The van der Waals surface area contributed by atoms with Crippen molar-refractivity contribution in [2.45, 2.75) is 0 Å². The summed E-state index contributed by atoms with van der Waals surface area (Å²) in [6.07, 6.45) is 12.3. The molecule has 0 fully saturated rings. The van der Waals surface area contributed by atoms with Gasteiger partial charge >= 0.3 is 0 Å². The van der Waals surface area contributed by atoms with E-state index in [-0.39, 0.29) is 22.9 Å². The smallest absolute Gasteiger partial charge is 0.197 e. The first-order valence-corrected chi connectivity index (χ1v) is 12.0. The molecule has 4 aromatic rings. The monoisotopic (exact) mass is 478 g/mol. The number of hydrogen-bond acceptors (Lipinski definition) is 3. The second-order valence-corrected chi connectivity index (χ2v) is 9.10. The van der Waals surface area contributed by atoms with E-state index in [1.165, 1.54) is 0 Å². The van der Waals surface area contributed by atoms with Crippen LogP contribution in [-0.4, -0.2) is 16.7 Å². The molecule has 0 spiro atoms. The molecular weight excluding hydrogens is 456 g/mol. The molecule has 0 amide bonds. The van der Waals surface area contributed by atoms with Crippen LogP contribution in [0.4, 0.5) is 0 Å². The lowest BCUT2D eigenvalue weighted by molar-refractivity contribution is 0.103. The van der Waals surface area contributed by atoms with Crippen molar-refractivity contribution < 1.29 is 14.7 Å². The van der Waals surface area contributed by atoms with Crippen molar-refractivity contribution in [1.29, 1.82) is 0 Å². The third kappa shape index (κ3) is 3.78. The topological polar surface area (TPSA) is 54.4 Å². The van der Waals surface area contributed by atoms with Crippen LogP contribution in [0.1, 0.15) is 31.8 Å². The van der Waals surface area contributed by atoms with Gasteiger partial charge in [-0.2, -0.15) is 0 Å². The molecule has 1 N–H and O–H groups in total. The van der Waals surface area contributed by atoms with Gasteiger partial charge in [0.25, 0.3) is 0 Å². The van der Waals surface area contributed by atoms with Crippen LogP contribution in [-0.2, 0) is 0 Å². The van der Waals surface area contributed by atoms with Crippen LogP contribution in [0.25, 0.3) is 32.9 Å². The van der Waals surface area contributed by atoms with Crippen molar-refractivity contribution in [2.24, 2.45) is 0 Å². The number of Topliss-reactive ketones (excluding diaryl/α,β-unsaturated/α-hetero) is 2. The Balaban J connectivity index is 1.16. The van der Waals surface area contributed by atoms with Crippen LogP contribution in [0.5, 0.6) is 0 Å². The summed E-state index contributed by atoms with van der Waals surface area (Å²) >= 11 is 0. The summed E-state index contributed by atoms with van der Waals surface area (Å²) in [6.45, 7) is 4.14. The van der Waals surface area contributed by atoms with Crippen LogP contribution < -0.4 is 0 Å². The van der Waals surface area contributed by atoms with Gasteiger partial charge in [0.2, 0.25) is 0 Å². The summed E-state index contributed by atoms with van der Waals surface area (Å²) in [5, 5.41) is 14.7. The Labute approximate surface area is 214 Å². The van der Waals surface area contributed by atoms with E-state index in [0.717, 1.165) is 32.7 Å². The number of aliphatic hydroxyl groups is 1. The van der Waals surface area contributed by atoms with E-state index >= 15 is 0 Å². The Bertz CT molecular complexity index is 1770. The number of rotatable bonds is 4.